The average Bonchev–Trinajstić information content (AvgIpc) is 2.40. The molecule has 0 aliphatic heterocycles. The Morgan fingerprint density at radius 3 is 2.59 bits per heavy atom. The van der Waals surface area contributed by atoms with Gasteiger partial charge in [0.25, 0.3) is 0 Å². The van der Waals surface area contributed by atoms with Gasteiger partial charge in [-0.1, -0.05) is 37.6 Å². The number of nitrogen functional groups attached to an aromatic ring is 1. The van der Waals surface area contributed by atoms with Crippen molar-refractivity contribution in [3.8, 4) is 11.3 Å². The van der Waals surface area contributed by atoms with E-state index in [1.165, 1.54) is 12.0 Å². The van der Waals surface area contributed by atoms with Gasteiger partial charge in [-0.3, -0.25) is 10.8 Å². The van der Waals surface area contributed by atoms with Gasteiger partial charge in [0.1, 0.15) is 0 Å². The summed E-state index contributed by atoms with van der Waals surface area (Å²) >= 11 is 0. The van der Waals surface area contributed by atoms with Crippen LogP contribution in [0.25, 0.3) is 11.3 Å². The minimum absolute atomic E-state index is 0.868. The van der Waals surface area contributed by atoms with E-state index in [1.807, 2.05) is 12.1 Å². The Morgan fingerprint density at radius 1 is 1.18 bits per heavy atom. The van der Waals surface area contributed by atoms with E-state index in [4.69, 9.17) is 5.84 Å². The van der Waals surface area contributed by atoms with Crippen LogP contribution in [0.3, 0.4) is 0 Å². The molecule has 0 aliphatic rings. The van der Waals surface area contributed by atoms with Crippen molar-refractivity contribution < 1.29 is 0 Å². The molecule has 0 bridgehead atoms. The number of rotatable bonds is 4. The fraction of sp³-hybridized carbons (Fsp3) is 0.214. The lowest BCUT2D eigenvalue weighted by Gasteiger charge is -2.05. The Bertz CT molecular complexity index is 477. The Morgan fingerprint density at radius 2 is 1.94 bits per heavy atom. The number of hydrogen-bond acceptors (Lipinski definition) is 3. The van der Waals surface area contributed by atoms with Crippen molar-refractivity contribution in [1.29, 1.82) is 0 Å². The highest BCUT2D eigenvalue weighted by Crippen LogP contribution is 2.20. The maximum atomic E-state index is 5.38. The number of aryl methyl sites for hydroxylation is 1. The second-order valence-electron chi connectivity index (χ2n) is 4.02. The van der Waals surface area contributed by atoms with Crippen molar-refractivity contribution in [2.24, 2.45) is 5.84 Å². The maximum absolute atomic E-state index is 5.38. The first-order valence-electron chi connectivity index (χ1n) is 5.85. The van der Waals surface area contributed by atoms with Crippen LogP contribution in [0.4, 0.5) is 5.69 Å². The number of pyridine rings is 1. The van der Waals surface area contributed by atoms with Crippen LogP contribution in [0.15, 0.2) is 42.6 Å². The van der Waals surface area contributed by atoms with Gasteiger partial charge in [0.2, 0.25) is 0 Å². The number of nitrogens with two attached hydrogens (primary N) is 1. The molecule has 0 fully saturated rings. The van der Waals surface area contributed by atoms with Crippen LogP contribution in [0.5, 0.6) is 0 Å². The number of nitrogens with one attached hydrogen (secondary N) is 1. The van der Waals surface area contributed by atoms with E-state index in [2.05, 4.69) is 41.6 Å². The molecule has 0 saturated carbocycles. The van der Waals surface area contributed by atoms with E-state index in [9.17, 15) is 0 Å². The molecule has 3 nitrogen and oxygen atoms in total. The Hall–Kier alpha value is -1.87. The molecule has 0 atom stereocenters. The largest absolute Gasteiger partial charge is 0.324 e. The van der Waals surface area contributed by atoms with Crippen molar-refractivity contribution in [1.82, 2.24) is 4.98 Å². The summed E-state index contributed by atoms with van der Waals surface area (Å²) < 4.78 is 0. The number of benzene rings is 1. The maximum Gasteiger partial charge on any atom is 0.0723 e. The molecule has 1 heterocycles. The number of nitrogens with zero attached hydrogens (tertiary/aromatic N) is 1. The molecule has 0 unspecified atom stereocenters. The minimum Gasteiger partial charge on any atom is -0.324 e. The molecule has 1 aromatic heterocycles. The molecule has 17 heavy (non-hydrogen) atoms. The second-order valence-corrected chi connectivity index (χ2v) is 4.02. The Kier molecular flexibility index (Phi) is 3.73. The van der Waals surface area contributed by atoms with Crippen LogP contribution in [-0.2, 0) is 6.42 Å². The third-order valence-electron chi connectivity index (χ3n) is 2.71. The lowest BCUT2D eigenvalue weighted by molar-refractivity contribution is 0.922. The monoisotopic (exact) mass is 227 g/mol. The molecule has 0 aliphatic carbocycles. The molecule has 2 rings (SSSR count). The van der Waals surface area contributed by atoms with Crippen LogP contribution < -0.4 is 11.3 Å². The van der Waals surface area contributed by atoms with Crippen molar-refractivity contribution in [2.75, 3.05) is 5.43 Å². The van der Waals surface area contributed by atoms with E-state index < -0.39 is 0 Å². The van der Waals surface area contributed by atoms with E-state index in [0.29, 0.717) is 0 Å². The lowest BCUT2D eigenvalue weighted by atomic mass is 10.1. The minimum atomic E-state index is 0.868. The van der Waals surface area contributed by atoms with E-state index >= 15 is 0 Å². The molecular formula is C14H17N3. The van der Waals surface area contributed by atoms with Gasteiger partial charge in [-0.05, 0) is 24.1 Å². The number of hydrogen-bond donors (Lipinski definition) is 2. The lowest BCUT2D eigenvalue weighted by Crippen LogP contribution is -2.06. The molecule has 1 aromatic carbocycles. The zero-order valence-electron chi connectivity index (χ0n) is 9.98. The van der Waals surface area contributed by atoms with E-state index in [0.717, 1.165) is 23.4 Å². The summed E-state index contributed by atoms with van der Waals surface area (Å²) in [5.74, 6) is 5.38. The topological polar surface area (TPSA) is 50.9 Å². The van der Waals surface area contributed by atoms with Crippen molar-refractivity contribution in [3.05, 3.63) is 48.2 Å². The highest BCUT2D eigenvalue weighted by atomic mass is 15.2. The average molecular weight is 227 g/mol. The number of anilines is 1. The van der Waals surface area contributed by atoms with Crippen molar-refractivity contribution in [2.45, 2.75) is 19.8 Å². The predicted molar refractivity (Wildman–Crippen MR) is 71.5 cm³/mol. The third-order valence-corrected chi connectivity index (χ3v) is 2.71. The molecule has 3 N–H and O–H groups in total. The summed E-state index contributed by atoms with van der Waals surface area (Å²) in [6.45, 7) is 2.19. The fourth-order valence-corrected chi connectivity index (χ4v) is 1.81. The van der Waals surface area contributed by atoms with Gasteiger partial charge in [0.15, 0.2) is 0 Å². The number of hydrazine groups is 1. The number of aromatic nitrogens is 1. The Balaban J connectivity index is 2.26. The van der Waals surface area contributed by atoms with Gasteiger partial charge in [-0.2, -0.15) is 0 Å². The molecule has 0 amide bonds. The molecule has 0 saturated heterocycles. The molecule has 3 heteroatoms. The fourth-order valence-electron chi connectivity index (χ4n) is 1.81. The van der Waals surface area contributed by atoms with Crippen LogP contribution in [0.1, 0.15) is 18.9 Å². The molecular weight excluding hydrogens is 210 g/mol. The van der Waals surface area contributed by atoms with Crippen molar-refractivity contribution >= 4 is 5.69 Å². The van der Waals surface area contributed by atoms with Gasteiger partial charge in [-0.25, -0.2) is 0 Å². The molecule has 0 radical (unpaired) electrons. The molecule has 88 valence electrons. The Labute approximate surface area is 102 Å². The van der Waals surface area contributed by atoms with Crippen molar-refractivity contribution in [3.63, 3.8) is 0 Å². The highest BCUT2D eigenvalue weighted by Gasteiger charge is 2.00. The van der Waals surface area contributed by atoms with Gasteiger partial charge in [-0.15, -0.1) is 0 Å². The zero-order valence-corrected chi connectivity index (χ0v) is 9.98. The summed E-state index contributed by atoms with van der Waals surface area (Å²) in [5.41, 5.74) is 6.91. The standard InChI is InChI=1S/C14H17N3/c1-2-3-11-4-6-12(7-5-11)14-10-13(17-15)8-9-16-14/h4-10H,2-3,15H2,1H3,(H,16,17). The van der Waals surface area contributed by atoms with Crippen LogP contribution >= 0.6 is 0 Å². The zero-order chi connectivity index (χ0) is 12.1. The first-order chi connectivity index (χ1) is 8.33. The van der Waals surface area contributed by atoms with Gasteiger partial charge in [0, 0.05) is 11.8 Å². The van der Waals surface area contributed by atoms with E-state index in [-0.39, 0.29) is 0 Å². The van der Waals surface area contributed by atoms with Crippen LogP contribution in [-0.4, -0.2) is 4.98 Å². The summed E-state index contributed by atoms with van der Waals surface area (Å²) in [4.78, 5) is 4.34. The summed E-state index contributed by atoms with van der Waals surface area (Å²) in [6.07, 6.45) is 4.05. The molecule has 2 aromatic rings. The van der Waals surface area contributed by atoms with Crippen LogP contribution in [0, 0.1) is 0 Å². The first kappa shape index (κ1) is 11.6. The smallest absolute Gasteiger partial charge is 0.0723 e. The summed E-state index contributed by atoms with van der Waals surface area (Å²) in [7, 11) is 0. The highest BCUT2D eigenvalue weighted by molar-refractivity contribution is 5.63. The quantitative estimate of drug-likeness (QED) is 0.623. The van der Waals surface area contributed by atoms with Gasteiger partial charge < -0.3 is 5.43 Å². The normalized spacial score (nSPS) is 10.2. The van der Waals surface area contributed by atoms with Gasteiger partial charge >= 0.3 is 0 Å². The first-order valence-corrected chi connectivity index (χ1v) is 5.85. The predicted octanol–water partition coefficient (Wildman–Crippen LogP) is 2.99. The van der Waals surface area contributed by atoms with Gasteiger partial charge in [0.05, 0.1) is 11.4 Å². The molecule has 0 spiro atoms. The van der Waals surface area contributed by atoms with E-state index in [1.54, 1.807) is 6.20 Å². The second kappa shape index (κ2) is 5.46. The summed E-state index contributed by atoms with van der Waals surface area (Å²) in [5, 5.41) is 0. The summed E-state index contributed by atoms with van der Waals surface area (Å²) in [6, 6.07) is 12.3. The van der Waals surface area contributed by atoms with Crippen LogP contribution in [0.2, 0.25) is 0 Å². The third kappa shape index (κ3) is 2.82. The SMILES string of the molecule is CCCc1ccc(-c2cc(NN)ccn2)cc1.